The van der Waals surface area contributed by atoms with Gasteiger partial charge in [-0.2, -0.15) is 0 Å². The fourth-order valence-electron chi connectivity index (χ4n) is 2.91. The van der Waals surface area contributed by atoms with Crippen molar-refractivity contribution in [2.45, 2.75) is 19.8 Å². The molecular formula is C19H19NO3. The van der Waals surface area contributed by atoms with Crippen molar-refractivity contribution in [2.24, 2.45) is 5.92 Å². The molecule has 1 aliphatic carbocycles. The molecule has 0 fully saturated rings. The molecule has 0 aromatic heterocycles. The second-order valence-corrected chi connectivity index (χ2v) is 5.60. The summed E-state index contributed by atoms with van der Waals surface area (Å²) in [6.07, 6.45) is 0.837. The molecule has 0 heterocycles. The van der Waals surface area contributed by atoms with Crippen LogP contribution < -0.4 is 10.1 Å². The summed E-state index contributed by atoms with van der Waals surface area (Å²) in [7, 11) is 0. The molecule has 1 aliphatic rings. The van der Waals surface area contributed by atoms with Crippen molar-refractivity contribution in [3.8, 4) is 5.75 Å². The normalized spacial score (nSPS) is 16.6. The quantitative estimate of drug-likeness (QED) is 0.941. The van der Waals surface area contributed by atoms with Crippen molar-refractivity contribution < 1.29 is 14.3 Å². The third-order valence-corrected chi connectivity index (χ3v) is 4.03. The Labute approximate surface area is 135 Å². The minimum atomic E-state index is -0.341. The van der Waals surface area contributed by atoms with Crippen LogP contribution in [0.15, 0.2) is 48.5 Å². The molecule has 1 N–H and O–H groups in total. The number of hydrogen-bond acceptors (Lipinski definition) is 3. The lowest BCUT2D eigenvalue weighted by Crippen LogP contribution is -2.31. The second-order valence-electron chi connectivity index (χ2n) is 5.60. The highest BCUT2D eigenvalue weighted by Gasteiger charge is 2.29. The maximum absolute atomic E-state index is 12.6. The maximum atomic E-state index is 12.6. The van der Waals surface area contributed by atoms with Crippen molar-refractivity contribution in [1.82, 2.24) is 0 Å². The molecule has 0 bridgehead atoms. The van der Waals surface area contributed by atoms with Crippen molar-refractivity contribution in [1.29, 1.82) is 0 Å². The topological polar surface area (TPSA) is 55.4 Å². The Bertz CT molecular complexity index is 739. The zero-order valence-corrected chi connectivity index (χ0v) is 13.0. The van der Waals surface area contributed by atoms with Gasteiger partial charge in [-0.05, 0) is 31.0 Å². The average Bonchev–Trinajstić information content (AvgIpc) is 2.57. The Morgan fingerprint density at radius 1 is 1.13 bits per heavy atom. The van der Waals surface area contributed by atoms with Gasteiger partial charge < -0.3 is 10.1 Å². The lowest BCUT2D eigenvalue weighted by molar-refractivity contribution is -0.119. The maximum Gasteiger partial charge on any atom is 0.228 e. The number of fused-ring (bicyclic) bond motifs is 1. The number of benzene rings is 2. The first-order valence-electron chi connectivity index (χ1n) is 7.83. The molecule has 0 saturated heterocycles. The van der Waals surface area contributed by atoms with E-state index in [1.54, 1.807) is 0 Å². The number of ketones is 1. The molecule has 3 rings (SSSR count). The summed E-state index contributed by atoms with van der Waals surface area (Å²) < 4.78 is 5.52. The average molecular weight is 309 g/mol. The van der Waals surface area contributed by atoms with E-state index in [-0.39, 0.29) is 24.0 Å². The third kappa shape index (κ3) is 3.26. The molecule has 4 nitrogen and oxygen atoms in total. The van der Waals surface area contributed by atoms with Crippen LogP contribution in [0.25, 0.3) is 0 Å². The van der Waals surface area contributed by atoms with E-state index in [9.17, 15) is 9.59 Å². The summed E-state index contributed by atoms with van der Waals surface area (Å²) in [5.74, 6) is 0.197. The van der Waals surface area contributed by atoms with Crippen LogP contribution in [-0.4, -0.2) is 18.3 Å². The monoisotopic (exact) mass is 309 g/mol. The molecule has 0 saturated carbocycles. The molecule has 0 aliphatic heterocycles. The molecule has 2 aromatic rings. The van der Waals surface area contributed by atoms with E-state index >= 15 is 0 Å². The number of ether oxygens (including phenoxy) is 1. The summed E-state index contributed by atoms with van der Waals surface area (Å²) in [4.78, 5) is 24.8. The molecular weight excluding hydrogens is 290 g/mol. The van der Waals surface area contributed by atoms with Crippen LogP contribution in [0.5, 0.6) is 5.75 Å². The van der Waals surface area contributed by atoms with E-state index < -0.39 is 0 Å². The smallest absolute Gasteiger partial charge is 0.228 e. The summed E-state index contributed by atoms with van der Waals surface area (Å²) in [5.41, 5.74) is 2.33. The van der Waals surface area contributed by atoms with E-state index in [1.165, 1.54) is 0 Å². The fraction of sp³-hybridized carbons (Fsp3) is 0.263. The zero-order chi connectivity index (χ0) is 16.2. The Hall–Kier alpha value is -2.62. The highest BCUT2D eigenvalue weighted by atomic mass is 16.5. The van der Waals surface area contributed by atoms with Gasteiger partial charge in [0.2, 0.25) is 5.91 Å². The minimum Gasteiger partial charge on any atom is -0.492 e. The van der Waals surface area contributed by atoms with Gasteiger partial charge in [-0.1, -0.05) is 36.4 Å². The first-order chi connectivity index (χ1) is 11.2. The lowest BCUT2D eigenvalue weighted by atomic mass is 9.82. The predicted molar refractivity (Wildman–Crippen MR) is 88.8 cm³/mol. The summed E-state index contributed by atoms with van der Waals surface area (Å²) in [5, 5.41) is 2.90. The van der Waals surface area contributed by atoms with Gasteiger partial charge >= 0.3 is 0 Å². The first-order valence-corrected chi connectivity index (χ1v) is 7.83. The Balaban J connectivity index is 1.76. The van der Waals surface area contributed by atoms with Gasteiger partial charge in [0.05, 0.1) is 12.3 Å². The van der Waals surface area contributed by atoms with Crippen molar-refractivity contribution in [3.05, 3.63) is 59.7 Å². The van der Waals surface area contributed by atoms with Crippen LogP contribution in [0.1, 0.15) is 29.3 Å². The van der Waals surface area contributed by atoms with Gasteiger partial charge in [-0.25, -0.2) is 0 Å². The number of para-hydroxylation sites is 2. The standard InChI is InChI=1S/C19H19NO3/c1-2-23-18-10-6-5-9-16(18)20-19(22)14-11-13-7-3-4-8-15(13)17(21)12-14/h3-10,14H,2,11-12H2,1H3,(H,20,22). The SMILES string of the molecule is CCOc1ccccc1NC(=O)C1CC(=O)c2ccccc2C1. The van der Waals surface area contributed by atoms with Gasteiger partial charge in [0.1, 0.15) is 5.75 Å². The van der Waals surface area contributed by atoms with Crippen LogP contribution in [0, 0.1) is 5.92 Å². The van der Waals surface area contributed by atoms with Crippen LogP contribution in [0.3, 0.4) is 0 Å². The number of carbonyl (C=O) groups excluding carboxylic acids is 2. The molecule has 4 heteroatoms. The molecule has 0 spiro atoms. The number of Topliss-reactive ketones (excluding diaryl/α,β-unsaturated/α-hetero) is 1. The number of hydrogen-bond donors (Lipinski definition) is 1. The van der Waals surface area contributed by atoms with E-state index in [4.69, 9.17) is 4.74 Å². The Morgan fingerprint density at radius 2 is 1.87 bits per heavy atom. The van der Waals surface area contributed by atoms with Gasteiger partial charge in [0.25, 0.3) is 0 Å². The first kappa shape index (κ1) is 15.3. The van der Waals surface area contributed by atoms with E-state index in [2.05, 4.69) is 5.32 Å². The van der Waals surface area contributed by atoms with Crippen LogP contribution in [0.2, 0.25) is 0 Å². The highest BCUT2D eigenvalue weighted by molar-refractivity contribution is 6.04. The van der Waals surface area contributed by atoms with Crippen LogP contribution in [-0.2, 0) is 11.2 Å². The number of amides is 1. The lowest BCUT2D eigenvalue weighted by Gasteiger charge is -2.23. The minimum absolute atomic E-state index is 0.0325. The van der Waals surface area contributed by atoms with Gasteiger partial charge in [-0.15, -0.1) is 0 Å². The molecule has 1 amide bonds. The van der Waals surface area contributed by atoms with Gasteiger partial charge in [0, 0.05) is 17.9 Å². The highest BCUT2D eigenvalue weighted by Crippen LogP contribution is 2.29. The van der Waals surface area contributed by atoms with E-state index in [1.807, 2.05) is 55.5 Å². The Kier molecular flexibility index (Phi) is 4.42. The number of anilines is 1. The summed E-state index contributed by atoms with van der Waals surface area (Å²) in [6, 6.07) is 14.8. The third-order valence-electron chi connectivity index (χ3n) is 4.03. The van der Waals surface area contributed by atoms with Crippen molar-refractivity contribution >= 4 is 17.4 Å². The molecule has 1 unspecified atom stereocenters. The largest absolute Gasteiger partial charge is 0.492 e. The van der Waals surface area contributed by atoms with E-state index in [0.717, 1.165) is 11.1 Å². The second kappa shape index (κ2) is 6.65. The van der Waals surface area contributed by atoms with Crippen molar-refractivity contribution in [3.63, 3.8) is 0 Å². The molecule has 2 aromatic carbocycles. The number of nitrogens with one attached hydrogen (secondary N) is 1. The van der Waals surface area contributed by atoms with Crippen LogP contribution >= 0.6 is 0 Å². The molecule has 1 atom stereocenters. The predicted octanol–water partition coefficient (Wildman–Crippen LogP) is 3.47. The molecule has 0 radical (unpaired) electrons. The Morgan fingerprint density at radius 3 is 2.70 bits per heavy atom. The van der Waals surface area contributed by atoms with Gasteiger partial charge in [0.15, 0.2) is 5.78 Å². The van der Waals surface area contributed by atoms with Crippen molar-refractivity contribution in [2.75, 3.05) is 11.9 Å². The number of carbonyl (C=O) groups is 2. The summed E-state index contributed by atoms with van der Waals surface area (Å²) in [6.45, 7) is 2.43. The molecule has 23 heavy (non-hydrogen) atoms. The summed E-state index contributed by atoms with van der Waals surface area (Å²) >= 11 is 0. The fourth-order valence-corrected chi connectivity index (χ4v) is 2.91. The number of rotatable bonds is 4. The molecule has 118 valence electrons. The van der Waals surface area contributed by atoms with E-state index in [0.29, 0.717) is 24.5 Å². The van der Waals surface area contributed by atoms with Gasteiger partial charge in [-0.3, -0.25) is 9.59 Å². The van der Waals surface area contributed by atoms with Crippen LogP contribution in [0.4, 0.5) is 5.69 Å². The zero-order valence-electron chi connectivity index (χ0n) is 13.0.